The molecule has 4 rings (SSSR count). The fraction of sp³-hybridized carbons (Fsp3) is 0. The van der Waals surface area contributed by atoms with Gasteiger partial charge in [-0.25, -0.2) is 9.97 Å². The molecule has 3 heterocycles. The minimum Gasteiger partial charge on any atom is -0.461 e. The minimum atomic E-state index is 0.277. The van der Waals surface area contributed by atoms with Gasteiger partial charge in [0.25, 0.3) is 0 Å². The molecule has 0 aliphatic rings. The monoisotopic (exact) mass is 270 g/mol. The van der Waals surface area contributed by atoms with Crippen molar-refractivity contribution in [2.75, 3.05) is 0 Å². The highest BCUT2D eigenvalue weighted by Gasteiger charge is 2.14. The van der Waals surface area contributed by atoms with Gasteiger partial charge in [-0.05, 0) is 35.9 Å². The number of furan rings is 1. The maximum atomic E-state index is 6.13. The van der Waals surface area contributed by atoms with Crippen molar-refractivity contribution < 1.29 is 4.42 Å². The normalized spacial score (nSPS) is 11.4. The average molecular weight is 271 g/mol. The van der Waals surface area contributed by atoms with E-state index in [9.17, 15) is 0 Å². The largest absolute Gasteiger partial charge is 0.461 e. The number of hydrogen-bond donors (Lipinski definition) is 0. The molecule has 92 valence electrons. The van der Waals surface area contributed by atoms with Gasteiger partial charge in [0.15, 0.2) is 11.4 Å². The number of benzene rings is 1. The lowest BCUT2D eigenvalue weighted by molar-refractivity contribution is 0.577. The van der Waals surface area contributed by atoms with E-state index in [1.54, 1.807) is 18.4 Å². The Balaban J connectivity index is 2.12. The lowest BCUT2D eigenvalue weighted by atomic mass is 10.2. The van der Waals surface area contributed by atoms with Crippen LogP contribution in [-0.4, -0.2) is 19.6 Å². The van der Waals surface area contributed by atoms with Gasteiger partial charge in [0.05, 0.1) is 11.8 Å². The summed E-state index contributed by atoms with van der Waals surface area (Å²) in [5.74, 6) is 1.09. The maximum absolute atomic E-state index is 6.13. The zero-order chi connectivity index (χ0) is 12.8. The summed E-state index contributed by atoms with van der Waals surface area (Å²) in [7, 11) is 0. The van der Waals surface area contributed by atoms with Crippen molar-refractivity contribution in [3.05, 3.63) is 47.9 Å². The summed E-state index contributed by atoms with van der Waals surface area (Å²) < 4.78 is 6.81. The molecule has 1 aromatic carbocycles. The molecule has 0 unspecified atom stereocenters. The first kappa shape index (κ1) is 10.5. The van der Waals surface area contributed by atoms with Crippen LogP contribution in [0.3, 0.4) is 0 Å². The topological polar surface area (TPSA) is 56.2 Å². The van der Waals surface area contributed by atoms with Gasteiger partial charge < -0.3 is 4.42 Å². The molecule has 6 heteroatoms. The number of para-hydroxylation sites is 1. The molecule has 0 saturated heterocycles. The van der Waals surface area contributed by atoms with E-state index < -0.39 is 0 Å². The van der Waals surface area contributed by atoms with Crippen LogP contribution in [0.25, 0.3) is 28.1 Å². The van der Waals surface area contributed by atoms with Crippen molar-refractivity contribution in [1.82, 2.24) is 19.6 Å². The van der Waals surface area contributed by atoms with Gasteiger partial charge in [-0.1, -0.05) is 12.1 Å². The Labute approximate surface area is 112 Å². The van der Waals surface area contributed by atoms with Crippen molar-refractivity contribution in [2.24, 2.45) is 0 Å². The van der Waals surface area contributed by atoms with Crippen LogP contribution < -0.4 is 0 Å². The first-order chi connectivity index (χ1) is 9.33. The van der Waals surface area contributed by atoms with Crippen molar-refractivity contribution in [3.63, 3.8) is 0 Å². The molecule has 5 nitrogen and oxygen atoms in total. The van der Waals surface area contributed by atoms with Crippen LogP contribution >= 0.6 is 11.6 Å². The standard InChI is InChI=1S/C13H7ClN4O/c14-13-15-9-5-2-1-4-8(9)12-16-11(17-18(12)13)10-6-3-7-19-10/h1-7H. The number of rotatable bonds is 1. The summed E-state index contributed by atoms with van der Waals surface area (Å²) in [4.78, 5) is 8.77. The van der Waals surface area contributed by atoms with Crippen molar-refractivity contribution in [3.8, 4) is 11.6 Å². The molecular formula is C13H7ClN4O. The molecule has 0 aliphatic heterocycles. The van der Waals surface area contributed by atoms with Crippen LogP contribution in [-0.2, 0) is 0 Å². The van der Waals surface area contributed by atoms with Gasteiger partial charge in [-0.3, -0.25) is 0 Å². The van der Waals surface area contributed by atoms with Gasteiger partial charge >= 0.3 is 0 Å². The Morgan fingerprint density at radius 1 is 1.05 bits per heavy atom. The summed E-state index contributed by atoms with van der Waals surface area (Å²) >= 11 is 6.13. The molecule has 4 aromatic rings. The summed E-state index contributed by atoms with van der Waals surface area (Å²) in [6.07, 6.45) is 1.58. The molecule has 19 heavy (non-hydrogen) atoms. The SMILES string of the molecule is Clc1nc2ccccc2c2nc(-c3ccco3)nn12. The van der Waals surface area contributed by atoms with Crippen LogP contribution in [0.2, 0.25) is 5.28 Å². The summed E-state index contributed by atoms with van der Waals surface area (Å²) in [5.41, 5.74) is 1.46. The third kappa shape index (κ3) is 1.52. The van der Waals surface area contributed by atoms with E-state index in [-0.39, 0.29) is 5.28 Å². The molecule has 0 saturated carbocycles. The van der Waals surface area contributed by atoms with Crippen molar-refractivity contribution in [2.45, 2.75) is 0 Å². The number of halogens is 1. The second-order valence-electron chi connectivity index (χ2n) is 4.05. The van der Waals surface area contributed by atoms with Crippen molar-refractivity contribution >= 4 is 28.2 Å². The number of hydrogen-bond acceptors (Lipinski definition) is 4. The van der Waals surface area contributed by atoms with Gasteiger partial charge in [-0.2, -0.15) is 4.52 Å². The summed E-state index contributed by atoms with van der Waals surface area (Å²) in [6, 6.07) is 11.3. The van der Waals surface area contributed by atoms with E-state index >= 15 is 0 Å². The van der Waals surface area contributed by atoms with E-state index in [1.165, 1.54) is 4.52 Å². The predicted octanol–water partition coefficient (Wildman–Crippen LogP) is 3.19. The smallest absolute Gasteiger partial charge is 0.226 e. The second kappa shape index (κ2) is 3.80. The highest BCUT2D eigenvalue weighted by Crippen LogP contribution is 2.23. The molecule has 0 fully saturated rings. The molecule has 0 atom stereocenters. The highest BCUT2D eigenvalue weighted by molar-refractivity contribution is 6.29. The van der Waals surface area contributed by atoms with E-state index in [0.29, 0.717) is 17.2 Å². The quantitative estimate of drug-likeness (QED) is 0.499. The molecule has 3 aromatic heterocycles. The maximum Gasteiger partial charge on any atom is 0.226 e. The Morgan fingerprint density at radius 3 is 2.79 bits per heavy atom. The van der Waals surface area contributed by atoms with Crippen LogP contribution in [0, 0.1) is 0 Å². The zero-order valence-electron chi connectivity index (χ0n) is 9.62. The van der Waals surface area contributed by atoms with Gasteiger partial charge in [-0.15, -0.1) is 5.10 Å². The molecule has 0 N–H and O–H groups in total. The molecule has 0 aliphatic carbocycles. The van der Waals surface area contributed by atoms with E-state index in [4.69, 9.17) is 16.0 Å². The average Bonchev–Trinajstić information content (AvgIpc) is 3.08. The van der Waals surface area contributed by atoms with Crippen molar-refractivity contribution in [1.29, 1.82) is 0 Å². The summed E-state index contributed by atoms with van der Waals surface area (Å²) in [6.45, 7) is 0. The summed E-state index contributed by atoms with van der Waals surface area (Å²) in [5, 5.41) is 5.50. The van der Waals surface area contributed by atoms with Gasteiger partial charge in [0, 0.05) is 5.39 Å². The fourth-order valence-corrected chi connectivity index (χ4v) is 2.24. The Bertz CT molecular complexity index is 882. The number of nitrogens with zero attached hydrogens (tertiary/aromatic N) is 4. The third-order valence-corrected chi connectivity index (χ3v) is 3.13. The molecular weight excluding hydrogens is 264 g/mol. The molecule has 0 radical (unpaired) electrons. The zero-order valence-corrected chi connectivity index (χ0v) is 10.4. The highest BCUT2D eigenvalue weighted by atomic mass is 35.5. The second-order valence-corrected chi connectivity index (χ2v) is 4.38. The predicted molar refractivity (Wildman–Crippen MR) is 71.0 cm³/mol. The third-order valence-electron chi connectivity index (χ3n) is 2.88. The minimum absolute atomic E-state index is 0.277. The number of aromatic nitrogens is 4. The van der Waals surface area contributed by atoms with Crippen LogP contribution in [0.15, 0.2) is 47.1 Å². The first-order valence-corrected chi connectivity index (χ1v) is 6.05. The van der Waals surface area contributed by atoms with Crippen LogP contribution in [0.4, 0.5) is 0 Å². The lowest BCUT2D eigenvalue weighted by Gasteiger charge is -1.99. The molecule has 0 spiro atoms. The number of fused-ring (bicyclic) bond motifs is 3. The Morgan fingerprint density at radius 2 is 1.95 bits per heavy atom. The lowest BCUT2D eigenvalue weighted by Crippen LogP contribution is -1.94. The fourth-order valence-electron chi connectivity index (χ4n) is 2.03. The van der Waals surface area contributed by atoms with E-state index in [0.717, 1.165) is 10.9 Å². The van der Waals surface area contributed by atoms with Crippen LogP contribution in [0.1, 0.15) is 0 Å². The molecule has 0 bridgehead atoms. The molecule has 0 amide bonds. The van der Waals surface area contributed by atoms with Gasteiger partial charge in [0.2, 0.25) is 11.1 Å². The Hall–Kier alpha value is -2.40. The first-order valence-electron chi connectivity index (χ1n) is 5.68. The Kier molecular flexibility index (Phi) is 2.10. The van der Waals surface area contributed by atoms with E-state index in [2.05, 4.69) is 15.1 Å². The van der Waals surface area contributed by atoms with Gasteiger partial charge in [0.1, 0.15) is 0 Å². The van der Waals surface area contributed by atoms with Crippen LogP contribution in [0.5, 0.6) is 0 Å². The van der Waals surface area contributed by atoms with E-state index in [1.807, 2.05) is 24.3 Å².